The summed E-state index contributed by atoms with van der Waals surface area (Å²) >= 11 is 0. The zero-order chi connectivity index (χ0) is 22.8. The lowest BCUT2D eigenvalue weighted by molar-refractivity contribution is -0.134. The van der Waals surface area contributed by atoms with E-state index in [1.165, 1.54) is 5.01 Å². The lowest BCUT2D eigenvalue weighted by Gasteiger charge is -2.33. The summed E-state index contributed by atoms with van der Waals surface area (Å²) in [5.74, 6) is 1.32. The molecule has 8 heteroatoms. The number of rotatable bonds is 6. The Kier molecular flexibility index (Phi) is 6.00. The summed E-state index contributed by atoms with van der Waals surface area (Å²) in [5, 5.41) is 10.3. The highest BCUT2D eigenvalue weighted by molar-refractivity contribution is 6.03. The highest BCUT2D eigenvalue weighted by atomic mass is 16.3. The first kappa shape index (κ1) is 21.5. The van der Waals surface area contributed by atoms with Crippen molar-refractivity contribution in [2.45, 2.75) is 44.7 Å². The van der Waals surface area contributed by atoms with Crippen LogP contribution >= 0.6 is 0 Å². The van der Waals surface area contributed by atoms with Gasteiger partial charge in [0.1, 0.15) is 23.1 Å². The van der Waals surface area contributed by atoms with Gasteiger partial charge in [0.25, 0.3) is 5.91 Å². The van der Waals surface area contributed by atoms with Gasteiger partial charge >= 0.3 is 0 Å². The monoisotopic (exact) mass is 448 g/mol. The number of nitrogens with one attached hydrogen (secondary N) is 1. The van der Waals surface area contributed by atoms with Crippen molar-refractivity contribution in [1.82, 2.24) is 15.2 Å². The van der Waals surface area contributed by atoms with Gasteiger partial charge < -0.3 is 14.2 Å². The molecule has 1 N–H and O–H groups in total. The van der Waals surface area contributed by atoms with Crippen molar-refractivity contribution in [2.75, 3.05) is 19.6 Å². The van der Waals surface area contributed by atoms with Crippen LogP contribution in [0.5, 0.6) is 0 Å². The maximum atomic E-state index is 13.4. The molecule has 2 amide bonds. The topological polar surface area (TPSA) is 91.3 Å². The van der Waals surface area contributed by atoms with Gasteiger partial charge in [0.05, 0.1) is 12.8 Å². The Morgan fingerprint density at radius 3 is 2.88 bits per heavy atom. The second kappa shape index (κ2) is 9.23. The molecule has 1 saturated heterocycles. The molecule has 0 aliphatic carbocycles. The van der Waals surface area contributed by atoms with Crippen molar-refractivity contribution in [2.24, 2.45) is 5.10 Å². The number of furan rings is 2. The molecule has 172 valence electrons. The summed E-state index contributed by atoms with van der Waals surface area (Å²) < 4.78 is 11.7. The van der Waals surface area contributed by atoms with Gasteiger partial charge in [-0.2, -0.15) is 5.10 Å². The van der Waals surface area contributed by atoms with Crippen molar-refractivity contribution in [1.29, 1.82) is 0 Å². The van der Waals surface area contributed by atoms with Gasteiger partial charge in [0.2, 0.25) is 5.91 Å². The molecule has 2 aliphatic heterocycles. The Morgan fingerprint density at radius 1 is 1.21 bits per heavy atom. The van der Waals surface area contributed by atoms with Gasteiger partial charge in [0.15, 0.2) is 5.76 Å². The summed E-state index contributed by atoms with van der Waals surface area (Å²) in [7, 11) is 0. The highest BCUT2D eigenvalue weighted by Crippen LogP contribution is 2.34. The zero-order valence-electron chi connectivity index (χ0n) is 18.7. The largest absolute Gasteiger partial charge is 0.467 e. The number of hydrazone groups is 1. The molecule has 2 aromatic heterocycles. The standard InChI is InChI=1S/C25H28N4O4/c1-2-24(30)26-18-8-5-11-28(15-18)16-25(31)29-20(22-10-6-12-32-22)14-19(27-29)23-13-17-7-3-4-9-21(17)33-23/h3-4,6-7,9-10,12-13,18,20H,2,5,8,11,14-16H2,1H3,(H,26,30). The molecule has 0 spiro atoms. The minimum atomic E-state index is -0.309. The number of likely N-dealkylation sites (tertiary alicyclic amines) is 1. The number of piperidine rings is 1. The average Bonchev–Trinajstić information content (AvgIpc) is 3.57. The first-order valence-electron chi connectivity index (χ1n) is 11.5. The van der Waals surface area contributed by atoms with Crippen LogP contribution in [0.15, 0.2) is 62.7 Å². The number of nitrogens with zero attached hydrogens (tertiary/aromatic N) is 3. The zero-order valence-corrected chi connectivity index (χ0v) is 18.7. The smallest absolute Gasteiger partial charge is 0.257 e. The predicted molar refractivity (Wildman–Crippen MR) is 124 cm³/mol. The number of benzene rings is 1. The van der Waals surface area contributed by atoms with Crippen molar-refractivity contribution >= 4 is 28.5 Å². The fourth-order valence-electron chi connectivity index (χ4n) is 4.63. The van der Waals surface area contributed by atoms with Crippen molar-refractivity contribution in [3.63, 3.8) is 0 Å². The van der Waals surface area contributed by atoms with Gasteiger partial charge in [-0.25, -0.2) is 5.01 Å². The molecule has 0 bridgehead atoms. The SMILES string of the molecule is CCC(=O)NC1CCCN(CC(=O)N2N=C(c3cc4ccccc4o3)CC2c2ccco2)C1. The molecule has 3 aromatic rings. The van der Waals surface area contributed by atoms with Crippen LogP contribution in [-0.2, 0) is 9.59 Å². The second-order valence-electron chi connectivity index (χ2n) is 8.66. The van der Waals surface area contributed by atoms with E-state index in [0.29, 0.717) is 30.9 Å². The molecule has 2 unspecified atom stereocenters. The van der Waals surface area contributed by atoms with E-state index >= 15 is 0 Å². The van der Waals surface area contributed by atoms with Crippen LogP contribution in [0.3, 0.4) is 0 Å². The van der Waals surface area contributed by atoms with Gasteiger partial charge in [-0.15, -0.1) is 0 Å². The Morgan fingerprint density at radius 2 is 2.09 bits per heavy atom. The molecule has 0 radical (unpaired) electrons. The summed E-state index contributed by atoms with van der Waals surface area (Å²) in [5.41, 5.74) is 1.52. The lowest BCUT2D eigenvalue weighted by atomic mass is 10.0. The number of hydrogen-bond donors (Lipinski definition) is 1. The Balaban J connectivity index is 1.34. The molecule has 2 aliphatic rings. The third-order valence-electron chi connectivity index (χ3n) is 6.30. The van der Waals surface area contributed by atoms with Gasteiger partial charge in [-0.3, -0.25) is 14.5 Å². The molecule has 2 atom stereocenters. The van der Waals surface area contributed by atoms with Crippen LogP contribution in [0.2, 0.25) is 0 Å². The van der Waals surface area contributed by atoms with Crippen LogP contribution in [0.25, 0.3) is 11.0 Å². The summed E-state index contributed by atoms with van der Waals surface area (Å²) in [6.07, 6.45) is 4.48. The lowest BCUT2D eigenvalue weighted by Crippen LogP contribution is -2.50. The van der Waals surface area contributed by atoms with E-state index in [-0.39, 0.29) is 30.4 Å². The Bertz CT molecular complexity index is 1130. The second-order valence-corrected chi connectivity index (χ2v) is 8.66. The normalized spacial score (nSPS) is 21.4. The molecule has 5 rings (SSSR count). The van der Waals surface area contributed by atoms with Crippen molar-refractivity contribution in [3.8, 4) is 0 Å². The number of hydrogen-bond acceptors (Lipinski definition) is 6. The quantitative estimate of drug-likeness (QED) is 0.621. The molecule has 1 fully saturated rings. The molecule has 4 heterocycles. The van der Waals surface area contributed by atoms with Crippen LogP contribution in [0.1, 0.15) is 50.2 Å². The van der Waals surface area contributed by atoms with Gasteiger partial charge in [0, 0.05) is 30.8 Å². The minimum Gasteiger partial charge on any atom is -0.467 e. The number of carbonyl (C=O) groups excluding carboxylic acids is 2. The highest BCUT2D eigenvalue weighted by Gasteiger charge is 2.37. The predicted octanol–water partition coefficient (Wildman–Crippen LogP) is 3.69. The number of amides is 2. The number of carbonyl (C=O) groups is 2. The molecule has 1 aromatic carbocycles. The maximum Gasteiger partial charge on any atom is 0.257 e. The van der Waals surface area contributed by atoms with E-state index in [1.54, 1.807) is 6.26 Å². The van der Waals surface area contributed by atoms with Crippen molar-refractivity contribution in [3.05, 3.63) is 60.2 Å². The Labute approximate surface area is 192 Å². The van der Waals surface area contributed by atoms with Crippen LogP contribution < -0.4 is 5.32 Å². The molecule has 0 saturated carbocycles. The average molecular weight is 449 g/mol. The van der Waals surface area contributed by atoms with E-state index in [1.807, 2.05) is 49.4 Å². The fraction of sp³-hybridized carbons (Fsp3) is 0.400. The van der Waals surface area contributed by atoms with Crippen molar-refractivity contribution < 1.29 is 18.4 Å². The molecule has 8 nitrogen and oxygen atoms in total. The summed E-state index contributed by atoms with van der Waals surface area (Å²) in [4.78, 5) is 27.3. The van der Waals surface area contributed by atoms with Gasteiger partial charge in [-0.1, -0.05) is 25.1 Å². The fourth-order valence-corrected chi connectivity index (χ4v) is 4.63. The number of fused-ring (bicyclic) bond motifs is 1. The summed E-state index contributed by atoms with van der Waals surface area (Å²) in [6.45, 7) is 3.58. The van der Waals surface area contributed by atoms with E-state index in [2.05, 4.69) is 15.3 Å². The minimum absolute atomic E-state index is 0.0469. The van der Waals surface area contributed by atoms with E-state index < -0.39 is 0 Å². The van der Waals surface area contributed by atoms with Crippen LogP contribution in [-0.4, -0.2) is 53.1 Å². The number of para-hydroxylation sites is 1. The first-order valence-corrected chi connectivity index (χ1v) is 11.5. The maximum absolute atomic E-state index is 13.4. The molecule has 33 heavy (non-hydrogen) atoms. The van der Waals surface area contributed by atoms with Crippen LogP contribution in [0, 0.1) is 0 Å². The third kappa shape index (κ3) is 4.57. The third-order valence-corrected chi connectivity index (χ3v) is 6.30. The Hall–Kier alpha value is -3.39. The van der Waals surface area contributed by atoms with E-state index in [0.717, 1.165) is 36.1 Å². The molecular formula is C25H28N4O4. The first-order chi connectivity index (χ1) is 16.1. The van der Waals surface area contributed by atoms with E-state index in [9.17, 15) is 9.59 Å². The van der Waals surface area contributed by atoms with Gasteiger partial charge in [-0.05, 0) is 43.7 Å². The molecular weight excluding hydrogens is 420 g/mol. The van der Waals surface area contributed by atoms with E-state index in [4.69, 9.17) is 8.83 Å². The van der Waals surface area contributed by atoms with Crippen LogP contribution in [0.4, 0.5) is 0 Å². The summed E-state index contributed by atoms with van der Waals surface area (Å²) in [6, 6.07) is 13.2.